The van der Waals surface area contributed by atoms with Gasteiger partial charge in [-0.15, -0.1) is 0 Å². The minimum absolute atomic E-state index is 0.0414. The van der Waals surface area contributed by atoms with Crippen LogP contribution in [0.3, 0.4) is 0 Å². The molecule has 0 saturated carbocycles. The fourth-order valence-corrected chi connectivity index (χ4v) is 4.12. The van der Waals surface area contributed by atoms with Crippen LogP contribution in [0.15, 0.2) is 4.21 Å². The molecule has 0 amide bonds. The number of aromatic nitrogens is 1. The largest absolute Gasteiger partial charge is 0.375 e. The van der Waals surface area contributed by atoms with Gasteiger partial charge >= 0.3 is 0 Å². The van der Waals surface area contributed by atoms with Gasteiger partial charge in [0.2, 0.25) is 0 Å². The lowest BCUT2D eigenvalue weighted by atomic mass is 10.3. The Kier molecular flexibility index (Phi) is 5.26. The number of hydrogen-bond acceptors (Lipinski definition) is 6. The standard InChI is InChI=1S/C9H17N3O3S3/c1-6(17(3)13)4-5-11-18(14,15)8-7(2)12-9(10)16-8/h6,11H,4-5H2,1-3H3,(H2,10,12). The Bertz CT molecular complexity index is 538. The molecular weight excluding hydrogens is 294 g/mol. The van der Waals surface area contributed by atoms with E-state index in [9.17, 15) is 12.6 Å². The molecular formula is C9H17N3O3S3. The molecule has 18 heavy (non-hydrogen) atoms. The van der Waals surface area contributed by atoms with Crippen molar-refractivity contribution in [3.05, 3.63) is 5.69 Å². The van der Waals surface area contributed by atoms with E-state index in [2.05, 4.69) is 9.71 Å². The topological polar surface area (TPSA) is 102 Å². The Balaban J connectivity index is 2.66. The molecule has 1 aromatic heterocycles. The van der Waals surface area contributed by atoms with Crippen molar-refractivity contribution in [3.8, 4) is 0 Å². The molecule has 0 saturated heterocycles. The van der Waals surface area contributed by atoms with Crippen LogP contribution in [0.2, 0.25) is 0 Å². The van der Waals surface area contributed by atoms with Crippen LogP contribution in [-0.4, -0.2) is 35.7 Å². The number of nitrogens with one attached hydrogen (secondary N) is 1. The van der Waals surface area contributed by atoms with Gasteiger partial charge in [-0.05, 0) is 13.3 Å². The molecule has 0 bridgehead atoms. The SMILES string of the molecule is Cc1nc(N)sc1S(=O)(=O)NCCC(C)S(C)=O. The van der Waals surface area contributed by atoms with Crippen LogP contribution in [0.1, 0.15) is 19.0 Å². The number of hydrogen-bond donors (Lipinski definition) is 2. The van der Waals surface area contributed by atoms with E-state index in [1.165, 1.54) is 0 Å². The summed E-state index contributed by atoms with van der Waals surface area (Å²) >= 11 is 0.943. The number of nitrogens with zero attached hydrogens (tertiary/aromatic N) is 1. The quantitative estimate of drug-likeness (QED) is 0.795. The molecule has 0 fully saturated rings. The number of nitrogen functional groups attached to an aromatic ring is 1. The number of nitrogens with two attached hydrogens (primary N) is 1. The first-order valence-electron chi connectivity index (χ1n) is 5.29. The van der Waals surface area contributed by atoms with Crippen molar-refractivity contribution in [1.29, 1.82) is 0 Å². The van der Waals surface area contributed by atoms with Crippen LogP contribution in [0.5, 0.6) is 0 Å². The molecule has 1 aromatic rings. The third-order valence-electron chi connectivity index (χ3n) is 2.42. The molecule has 0 spiro atoms. The molecule has 3 N–H and O–H groups in total. The Morgan fingerprint density at radius 3 is 2.61 bits per heavy atom. The average Bonchev–Trinajstić information content (AvgIpc) is 2.58. The van der Waals surface area contributed by atoms with E-state index < -0.39 is 20.8 Å². The number of thiazole rings is 1. The van der Waals surface area contributed by atoms with Gasteiger partial charge in [-0.2, -0.15) is 0 Å². The molecule has 104 valence electrons. The second-order valence-corrected chi connectivity index (χ2v) is 8.72. The molecule has 1 rings (SSSR count). The Labute approximate surface area is 114 Å². The van der Waals surface area contributed by atoms with Crippen molar-refractivity contribution >= 4 is 37.3 Å². The zero-order chi connectivity index (χ0) is 13.9. The van der Waals surface area contributed by atoms with E-state index in [1.807, 2.05) is 6.92 Å². The van der Waals surface area contributed by atoms with Gasteiger partial charge in [0.1, 0.15) is 0 Å². The summed E-state index contributed by atoms with van der Waals surface area (Å²) in [6.45, 7) is 3.67. The first kappa shape index (κ1) is 15.5. The highest BCUT2D eigenvalue weighted by Gasteiger charge is 2.21. The number of aryl methyl sites for hydroxylation is 1. The summed E-state index contributed by atoms with van der Waals surface area (Å²) in [5.74, 6) is 0. The highest BCUT2D eigenvalue weighted by Crippen LogP contribution is 2.24. The van der Waals surface area contributed by atoms with Gasteiger partial charge < -0.3 is 5.73 Å². The molecule has 0 aliphatic heterocycles. The normalized spacial score (nSPS) is 15.5. The average molecular weight is 311 g/mol. The molecule has 2 atom stereocenters. The van der Waals surface area contributed by atoms with Gasteiger partial charge in [0.15, 0.2) is 9.34 Å². The molecule has 0 aliphatic rings. The minimum atomic E-state index is -3.56. The minimum Gasteiger partial charge on any atom is -0.375 e. The van der Waals surface area contributed by atoms with Gasteiger partial charge in [-0.1, -0.05) is 18.3 Å². The summed E-state index contributed by atoms with van der Waals surface area (Å²) in [5.41, 5.74) is 5.87. The van der Waals surface area contributed by atoms with Crippen molar-refractivity contribution in [3.63, 3.8) is 0 Å². The summed E-state index contributed by atoms with van der Waals surface area (Å²) in [4.78, 5) is 3.88. The van der Waals surface area contributed by atoms with E-state index in [1.54, 1.807) is 13.2 Å². The second kappa shape index (κ2) is 6.09. The Morgan fingerprint density at radius 1 is 1.56 bits per heavy atom. The zero-order valence-electron chi connectivity index (χ0n) is 10.5. The third kappa shape index (κ3) is 4.01. The lowest BCUT2D eigenvalue weighted by Gasteiger charge is -2.09. The third-order valence-corrected chi connectivity index (χ3v) is 6.85. The van der Waals surface area contributed by atoms with E-state index in [4.69, 9.17) is 5.73 Å². The first-order valence-corrected chi connectivity index (χ1v) is 9.21. The van der Waals surface area contributed by atoms with Crippen molar-refractivity contribution in [2.45, 2.75) is 29.7 Å². The molecule has 0 radical (unpaired) electrons. The molecule has 0 aliphatic carbocycles. The summed E-state index contributed by atoms with van der Waals surface area (Å²) in [6, 6.07) is 0. The zero-order valence-corrected chi connectivity index (χ0v) is 12.9. The van der Waals surface area contributed by atoms with Gasteiger partial charge in [0.25, 0.3) is 10.0 Å². The number of rotatable bonds is 6. The summed E-state index contributed by atoms with van der Waals surface area (Å²) < 4.78 is 37.6. The fraction of sp³-hybridized carbons (Fsp3) is 0.667. The number of sulfonamides is 1. The van der Waals surface area contributed by atoms with E-state index >= 15 is 0 Å². The maximum Gasteiger partial charge on any atom is 0.252 e. The van der Waals surface area contributed by atoms with E-state index in [-0.39, 0.29) is 21.1 Å². The molecule has 1 heterocycles. The highest BCUT2D eigenvalue weighted by atomic mass is 32.2. The molecule has 0 aromatic carbocycles. The van der Waals surface area contributed by atoms with Gasteiger partial charge in [0.05, 0.1) is 5.69 Å². The fourth-order valence-electron chi connectivity index (χ4n) is 1.28. The monoisotopic (exact) mass is 311 g/mol. The van der Waals surface area contributed by atoms with Crippen molar-refractivity contribution in [2.75, 3.05) is 18.5 Å². The van der Waals surface area contributed by atoms with Gasteiger partial charge in [-0.3, -0.25) is 4.21 Å². The Hall–Kier alpha value is -0.510. The smallest absolute Gasteiger partial charge is 0.252 e. The van der Waals surface area contributed by atoms with Crippen LogP contribution >= 0.6 is 11.3 Å². The van der Waals surface area contributed by atoms with Gasteiger partial charge in [0, 0.05) is 28.9 Å². The van der Waals surface area contributed by atoms with E-state index in [0.717, 1.165) is 11.3 Å². The van der Waals surface area contributed by atoms with Crippen LogP contribution in [0, 0.1) is 6.92 Å². The summed E-state index contributed by atoms with van der Waals surface area (Å²) in [6.07, 6.45) is 2.13. The number of anilines is 1. The summed E-state index contributed by atoms with van der Waals surface area (Å²) in [7, 11) is -4.51. The molecule has 9 heteroatoms. The van der Waals surface area contributed by atoms with Crippen LogP contribution in [0.25, 0.3) is 0 Å². The first-order chi connectivity index (χ1) is 8.24. The second-order valence-electron chi connectivity index (χ2n) is 3.92. The van der Waals surface area contributed by atoms with E-state index in [0.29, 0.717) is 12.1 Å². The van der Waals surface area contributed by atoms with Gasteiger partial charge in [-0.25, -0.2) is 18.1 Å². The van der Waals surface area contributed by atoms with Crippen LogP contribution in [-0.2, 0) is 20.8 Å². The summed E-state index contributed by atoms with van der Waals surface area (Å²) in [5, 5.41) is 0.191. The highest BCUT2D eigenvalue weighted by molar-refractivity contribution is 7.91. The lowest BCUT2D eigenvalue weighted by molar-refractivity contribution is 0.579. The molecule has 6 nitrogen and oxygen atoms in total. The maximum absolute atomic E-state index is 11.9. The lowest BCUT2D eigenvalue weighted by Crippen LogP contribution is -2.27. The Morgan fingerprint density at radius 2 is 2.17 bits per heavy atom. The predicted molar refractivity (Wildman–Crippen MR) is 74.6 cm³/mol. The maximum atomic E-state index is 11.9. The molecule has 2 unspecified atom stereocenters. The van der Waals surface area contributed by atoms with Crippen LogP contribution in [0.4, 0.5) is 5.13 Å². The van der Waals surface area contributed by atoms with Crippen LogP contribution < -0.4 is 10.5 Å². The van der Waals surface area contributed by atoms with Crippen molar-refractivity contribution in [1.82, 2.24) is 9.71 Å². The van der Waals surface area contributed by atoms with Crippen molar-refractivity contribution in [2.24, 2.45) is 0 Å². The predicted octanol–water partition coefficient (Wildman–Crippen LogP) is 0.469. The van der Waals surface area contributed by atoms with Crippen molar-refractivity contribution < 1.29 is 12.6 Å².